The van der Waals surface area contributed by atoms with Gasteiger partial charge in [0.25, 0.3) is 0 Å². The maximum atomic E-state index is 4.52. The van der Waals surface area contributed by atoms with Gasteiger partial charge in [0.15, 0.2) is 5.82 Å². The molecule has 0 aliphatic rings. The van der Waals surface area contributed by atoms with Crippen molar-refractivity contribution in [2.45, 2.75) is 12.5 Å². The molecule has 4 rings (SSSR count). The summed E-state index contributed by atoms with van der Waals surface area (Å²) < 4.78 is 2.72. The molecule has 1 N–H and O–H groups in total. The van der Waals surface area contributed by atoms with E-state index in [0.717, 1.165) is 27.9 Å². The quantitative estimate of drug-likeness (QED) is 0.549. The van der Waals surface area contributed by atoms with Gasteiger partial charge in [0.2, 0.25) is 0 Å². The van der Waals surface area contributed by atoms with Gasteiger partial charge in [-0.1, -0.05) is 36.4 Å². The molecule has 0 aliphatic carbocycles. The van der Waals surface area contributed by atoms with Gasteiger partial charge in [-0.2, -0.15) is 5.10 Å². The normalized spacial score (nSPS) is 12.2. The van der Waals surface area contributed by atoms with E-state index < -0.39 is 0 Å². The fourth-order valence-electron chi connectivity index (χ4n) is 2.84. The first-order valence-corrected chi connectivity index (χ1v) is 8.80. The second-order valence-corrected chi connectivity index (χ2v) is 6.55. The van der Waals surface area contributed by atoms with E-state index in [0.29, 0.717) is 0 Å². The number of halogens is 1. The highest BCUT2D eigenvalue weighted by Gasteiger charge is 2.16. The molecule has 6 heteroatoms. The predicted octanol–water partition coefficient (Wildman–Crippen LogP) is 4.28. The zero-order valence-corrected chi connectivity index (χ0v) is 15.0. The molecule has 0 radical (unpaired) electrons. The van der Waals surface area contributed by atoms with E-state index in [1.165, 1.54) is 5.56 Å². The van der Waals surface area contributed by atoms with E-state index in [-0.39, 0.29) is 6.04 Å². The maximum Gasteiger partial charge on any atom is 0.153 e. The molecule has 5 nitrogen and oxygen atoms in total. The molecule has 0 aliphatic heterocycles. The van der Waals surface area contributed by atoms with Crippen molar-refractivity contribution in [3.63, 3.8) is 0 Å². The van der Waals surface area contributed by atoms with E-state index in [2.05, 4.69) is 48.4 Å². The van der Waals surface area contributed by atoms with E-state index in [9.17, 15) is 0 Å². The van der Waals surface area contributed by atoms with Crippen molar-refractivity contribution < 1.29 is 0 Å². The number of hydrogen-bond donors (Lipinski definition) is 1. The Kier molecular flexibility index (Phi) is 4.43. The Hall–Kier alpha value is -2.73. The molecule has 1 unspecified atom stereocenters. The summed E-state index contributed by atoms with van der Waals surface area (Å²) >= 11 is 3.56. The number of nitrogens with zero attached hydrogens (tertiary/aromatic N) is 4. The summed E-state index contributed by atoms with van der Waals surface area (Å²) in [7, 11) is 0. The van der Waals surface area contributed by atoms with Crippen LogP contribution in [0.1, 0.15) is 17.3 Å². The highest BCUT2D eigenvalue weighted by Crippen LogP contribution is 2.28. The molecule has 0 bridgehead atoms. The standard InChI is InChI=1S/C19H16BrN5/c20-16-13-23-25-11-10-22-19(18(16)25)24-17(14-6-2-1-3-7-14)12-15-8-4-5-9-21-15/h1-11,13,17H,12H2,(H,22,24). The largest absolute Gasteiger partial charge is 0.361 e. The van der Waals surface area contributed by atoms with Crippen molar-refractivity contribution in [3.05, 3.63) is 89.0 Å². The number of aromatic nitrogens is 4. The zero-order chi connectivity index (χ0) is 17.1. The van der Waals surface area contributed by atoms with Gasteiger partial charge in [0, 0.05) is 30.7 Å². The molecular weight excluding hydrogens is 378 g/mol. The van der Waals surface area contributed by atoms with Gasteiger partial charge >= 0.3 is 0 Å². The molecule has 0 fully saturated rings. The first-order chi connectivity index (χ1) is 12.3. The van der Waals surface area contributed by atoms with Crippen LogP contribution in [0.2, 0.25) is 0 Å². The molecule has 0 saturated heterocycles. The van der Waals surface area contributed by atoms with Crippen LogP contribution in [0.5, 0.6) is 0 Å². The third kappa shape index (κ3) is 3.39. The number of pyridine rings is 1. The molecule has 25 heavy (non-hydrogen) atoms. The summed E-state index contributed by atoms with van der Waals surface area (Å²) in [6.07, 6.45) is 7.95. The van der Waals surface area contributed by atoms with Gasteiger partial charge in [-0.25, -0.2) is 9.50 Å². The van der Waals surface area contributed by atoms with Gasteiger partial charge in [-0.05, 0) is 33.6 Å². The monoisotopic (exact) mass is 393 g/mol. The first kappa shape index (κ1) is 15.8. The zero-order valence-electron chi connectivity index (χ0n) is 13.4. The van der Waals surface area contributed by atoms with Gasteiger partial charge in [-0.3, -0.25) is 4.98 Å². The van der Waals surface area contributed by atoms with Gasteiger partial charge in [-0.15, -0.1) is 0 Å². The fourth-order valence-corrected chi connectivity index (χ4v) is 3.31. The van der Waals surface area contributed by atoms with Crippen LogP contribution >= 0.6 is 15.9 Å². The Bertz CT molecular complexity index is 969. The summed E-state index contributed by atoms with van der Waals surface area (Å²) in [5.74, 6) is 0.789. The Morgan fingerprint density at radius 2 is 1.84 bits per heavy atom. The molecule has 0 amide bonds. The third-order valence-electron chi connectivity index (χ3n) is 4.04. The molecule has 0 spiro atoms. The second-order valence-electron chi connectivity index (χ2n) is 5.69. The van der Waals surface area contributed by atoms with Crippen LogP contribution in [0.4, 0.5) is 5.82 Å². The van der Waals surface area contributed by atoms with Crippen molar-refractivity contribution in [2.24, 2.45) is 0 Å². The van der Waals surface area contributed by atoms with Crippen LogP contribution in [0.3, 0.4) is 0 Å². The lowest BCUT2D eigenvalue weighted by atomic mass is 10.0. The lowest BCUT2D eigenvalue weighted by Crippen LogP contribution is -2.16. The van der Waals surface area contributed by atoms with Gasteiger partial charge < -0.3 is 5.32 Å². The summed E-state index contributed by atoms with van der Waals surface area (Å²) in [5.41, 5.74) is 3.14. The lowest BCUT2D eigenvalue weighted by molar-refractivity contribution is 0.750. The Morgan fingerprint density at radius 1 is 1.00 bits per heavy atom. The number of benzene rings is 1. The van der Waals surface area contributed by atoms with Crippen LogP contribution in [-0.4, -0.2) is 19.6 Å². The molecular formula is C19H16BrN5. The van der Waals surface area contributed by atoms with Crippen LogP contribution in [0.25, 0.3) is 5.52 Å². The smallest absolute Gasteiger partial charge is 0.153 e. The Morgan fingerprint density at radius 3 is 2.64 bits per heavy atom. The number of anilines is 1. The van der Waals surface area contributed by atoms with Crippen LogP contribution in [-0.2, 0) is 6.42 Å². The molecule has 3 aromatic heterocycles. The Labute approximate surface area is 153 Å². The van der Waals surface area contributed by atoms with E-state index >= 15 is 0 Å². The predicted molar refractivity (Wildman–Crippen MR) is 101 cm³/mol. The van der Waals surface area contributed by atoms with Crippen molar-refractivity contribution in [2.75, 3.05) is 5.32 Å². The van der Waals surface area contributed by atoms with Crippen molar-refractivity contribution in [3.8, 4) is 0 Å². The highest BCUT2D eigenvalue weighted by molar-refractivity contribution is 9.10. The topological polar surface area (TPSA) is 55.1 Å². The third-order valence-corrected chi connectivity index (χ3v) is 4.62. The first-order valence-electron chi connectivity index (χ1n) is 8.00. The lowest BCUT2D eigenvalue weighted by Gasteiger charge is -2.20. The SMILES string of the molecule is Brc1cnn2ccnc(NC(Cc3ccccn3)c3ccccc3)c12. The molecule has 0 saturated carbocycles. The minimum atomic E-state index is 0.0524. The average Bonchev–Trinajstić information content (AvgIpc) is 3.05. The average molecular weight is 394 g/mol. The minimum Gasteiger partial charge on any atom is -0.361 e. The maximum absolute atomic E-state index is 4.52. The number of rotatable bonds is 5. The summed E-state index contributed by atoms with van der Waals surface area (Å²) in [6.45, 7) is 0. The van der Waals surface area contributed by atoms with Gasteiger partial charge in [0.1, 0.15) is 5.52 Å². The number of fused-ring (bicyclic) bond motifs is 1. The Balaban J connectivity index is 1.72. The molecule has 4 aromatic rings. The highest BCUT2D eigenvalue weighted by atomic mass is 79.9. The summed E-state index contributed by atoms with van der Waals surface area (Å²) in [6, 6.07) is 16.4. The molecule has 124 valence electrons. The molecule has 1 aromatic carbocycles. The fraction of sp³-hybridized carbons (Fsp3) is 0.105. The minimum absolute atomic E-state index is 0.0524. The van der Waals surface area contributed by atoms with Crippen LogP contribution < -0.4 is 5.32 Å². The van der Waals surface area contributed by atoms with E-state index in [1.807, 2.05) is 53.3 Å². The number of nitrogens with one attached hydrogen (secondary N) is 1. The van der Waals surface area contributed by atoms with Crippen LogP contribution in [0.15, 0.2) is 77.8 Å². The van der Waals surface area contributed by atoms with Gasteiger partial charge in [0.05, 0.1) is 16.7 Å². The molecule has 3 heterocycles. The second kappa shape index (κ2) is 7.03. The van der Waals surface area contributed by atoms with Crippen molar-refractivity contribution in [1.29, 1.82) is 0 Å². The van der Waals surface area contributed by atoms with E-state index in [1.54, 1.807) is 12.4 Å². The molecule has 1 atom stereocenters. The number of hydrogen-bond acceptors (Lipinski definition) is 4. The summed E-state index contributed by atoms with van der Waals surface area (Å²) in [5, 5.41) is 7.89. The van der Waals surface area contributed by atoms with Crippen molar-refractivity contribution >= 4 is 27.3 Å². The van der Waals surface area contributed by atoms with Crippen molar-refractivity contribution in [1.82, 2.24) is 19.6 Å². The van der Waals surface area contributed by atoms with Crippen LogP contribution in [0, 0.1) is 0 Å². The summed E-state index contributed by atoms with van der Waals surface area (Å²) in [4.78, 5) is 8.99. The van der Waals surface area contributed by atoms with E-state index in [4.69, 9.17) is 0 Å².